The minimum Gasteiger partial charge on any atom is -0.459 e. The number of carbonyl (C=O) groups excluding carboxylic acids is 1. The molecular formula is C54H68N2O9. The fourth-order valence-electron chi connectivity index (χ4n) is 9.92. The smallest absolute Gasteiger partial charge is 0.410 e. The number of hydrogen-bond donors (Lipinski definition) is 2. The van der Waals surface area contributed by atoms with Gasteiger partial charge in [0.1, 0.15) is 35.5 Å². The van der Waals surface area contributed by atoms with E-state index in [1.165, 1.54) is 0 Å². The van der Waals surface area contributed by atoms with Gasteiger partial charge < -0.3 is 38.7 Å². The number of aliphatic hydroxyl groups is 2. The molecule has 1 saturated carbocycles. The van der Waals surface area contributed by atoms with Crippen molar-refractivity contribution in [1.29, 1.82) is 0 Å². The summed E-state index contributed by atoms with van der Waals surface area (Å²) in [5.74, 6) is 0.149. The van der Waals surface area contributed by atoms with Gasteiger partial charge in [-0.3, -0.25) is 4.90 Å². The lowest BCUT2D eigenvalue weighted by molar-refractivity contribution is -0.255. The highest BCUT2D eigenvalue weighted by atomic mass is 16.7. The van der Waals surface area contributed by atoms with Gasteiger partial charge in [0.05, 0.1) is 31.5 Å². The molecule has 2 N–H and O–H groups in total. The van der Waals surface area contributed by atoms with Gasteiger partial charge in [0.15, 0.2) is 0 Å². The molecule has 1 fully saturated rings. The van der Waals surface area contributed by atoms with Crippen LogP contribution >= 0.6 is 0 Å². The molecular weight excluding hydrogens is 821 g/mol. The van der Waals surface area contributed by atoms with E-state index in [1.54, 1.807) is 11.0 Å². The summed E-state index contributed by atoms with van der Waals surface area (Å²) < 4.78 is 33.1. The molecule has 4 aromatic carbocycles. The molecule has 348 valence electrons. The van der Waals surface area contributed by atoms with Crippen LogP contribution in [0.3, 0.4) is 0 Å². The van der Waals surface area contributed by atoms with E-state index in [0.29, 0.717) is 43.9 Å². The van der Waals surface area contributed by atoms with Gasteiger partial charge in [-0.1, -0.05) is 97.7 Å². The number of hydrogen-bond acceptors (Lipinski definition) is 10. The van der Waals surface area contributed by atoms with Crippen LogP contribution in [0.2, 0.25) is 0 Å². The standard InChI is InChI=1S/C54H68N2O9/c1-6-27-56(52(59)61-32-31-60-37-38-17-9-8-10-18-38)49-36-47(55-65-53(3,4)5)45-34-41(21-13-15-28-57)44(22-14-16-29-58)50-46-35-43(63-42-24-23-39-19-11-12-20-40(39)33-42)25-26-48(46)64-54(49,51(45)50)62-30-7-2/h7-12,17-20,23-26,33-35,41,44,49-51,57-58H,2,6,13-16,21-22,27-32,36-37H2,1,3-5H3/t41-,44+,49-,50+,51+,54+/m0/s1. The molecule has 0 unspecified atom stereocenters. The number of rotatable bonds is 22. The zero-order valence-corrected chi connectivity index (χ0v) is 38.7. The van der Waals surface area contributed by atoms with E-state index in [1.807, 2.05) is 88.4 Å². The Morgan fingerprint density at radius 3 is 2.37 bits per heavy atom. The summed E-state index contributed by atoms with van der Waals surface area (Å²) in [5.41, 5.74) is 3.13. The van der Waals surface area contributed by atoms with E-state index < -0.39 is 29.4 Å². The number of nitrogens with zero attached hydrogens (tertiary/aromatic N) is 2. The van der Waals surface area contributed by atoms with Crippen LogP contribution < -0.4 is 9.47 Å². The Kier molecular flexibility index (Phi) is 16.4. The molecule has 65 heavy (non-hydrogen) atoms. The van der Waals surface area contributed by atoms with E-state index >= 15 is 0 Å². The maximum Gasteiger partial charge on any atom is 0.410 e. The third kappa shape index (κ3) is 11.4. The fourth-order valence-corrected chi connectivity index (χ4v) is 9.92. The second kappa shape index (κ2) is 22.3. The Morgan fingerprint density at radius 1 is 0.908 bits per heavy atom. The minimum absolute atomic E-state index is 0.0659. The van der Waals surface area contributed by atoms with Crippen LogP contribution in [-0.2, 0) is 25.7 Å². The van der Waals surface area contributed by atoms with E-state index in [0.717, 1.165) is 64.6 Å². The second-order valence-corrected chi connectivity index (χ2v) is 18.4. The molecule has 0 aromatic heterocycles. The van der Waals surface area contributed by atoms with Gasteiger partial charge in [-0.05, 0) is 117 Å². The molecule has 0 bridgehead atoms. The van der Waals surface area contributed by atoms with Crippen molar-refractivity contribution in [2.75, 3.05) is 39.6 Å². The molecule has 0 radical (unpaired) electrons. The van der Waals surface area contributed by atoms with Crippen molar-refractivity contribution in [2.24, 2.45) is 22.9 Å². The quantitative estimate of drug-likeness (QED) is 0.0450. The molecule has 1 amide bonds. The lowest BCUT2D eigenvalue weighted by atomic mass is 9.55. The van der Waals surface area contributed by atoms with Crippen molar-refractivity contribution < 1.29 is 43.5 Å². The van der Waals surface area contributed by atoms with Gasteiger partial charge in [0.25, 0.3) is 0 Å². The van der Waals surface area contributed by atoms with Crippen molar-refractivity contribution in [1.82, 2.24) is 4.90 Å². The molecule has 4 aromatic rings. The largest absolute Gasteiger partial charge is 0.459 e. The van der Waals surface area contributed by atoms with Crippen LogP contribution in [0, 0.1) is 17.8 Å². The topological polar surface area (TPSA) is 129 Å². The summed E-state index contributed by atoms with van der Waals surface area (Å²) in [7, 11) is 0. The minimum atomic E-state index is -1.40. The van der Waals surface area contributed by atoms with Crippen LogP contribution in [-0.4, -0.2) is 83.9 Å². The lowest BCUT2D eigenvalue weighted by Crippen LogP contribution is -2.70. The van der Waals surface area contributed by atoms with Crippen LogP contribution in [0.1, 0.15) is 96.1 Å². The van der Waals surface area contributed by atoms with Gasteiger partial charge >= 0.3 is 6.09 Å². The Labute approximate surface area is 385 Å². The number of allylic oxidation sites excluding steroid dienone is 1. The first-order valence-electron chi connectivity index (χ1n) is 23.6. The first-order valence-corrected chi connectivity index (χ1v) is 23.6. The lowest BCUT2D eigenvalue weighted by Gasteiger charge is -2.60. The number of unbranched alkanes of at least 4 members (excludes halogenated alkanes) is 2. The monoisotopic (exact) mass is 888 g/mol. The van der Waals surface area contributed by atoms with Crippen molar-refractivity contribution in [3.63, 3.8) is 0 Å². The summed E-state index contributed by atoms with van der Waals surface area (Å²) in [6, 6.07) is 29.5. The van der Waals surface area contributed by atoms with Crippen LogP contribution in [0.5, 0.6) is 17.2 Å². The van der Waals surface area contributed by atoms with Crippen molar-refractivity contribution in [3.8, 4) is 17.2 Å². The normalized spacial score (nSPS) is 22.9. The Morgan fingerprint density at radius 2 is 1.63 bits per heavy atom. The summed E-state index contributed by atoms with van der Waals surface area (Å²) in [6.07, 6.45) is 9.18. The summed E-state index contributed by atoms with van der Waals surface area (Å²) in [6.45, 7) is 13.5. The highest BCUT2D eigenvalue weighted by Gasteiger charge is 2.65. The molecule has 11 heteroatoms. The van der Waals surface area contributed by atoms with Crippen LogP contribution in [0.4, 0.5) is 4.79 Å². The Bertz CT molecular complexity index is 2250. The van der Waals surface area contributed by atoms with Gasteiger partial charge in [-0.15, -0.1) is 6.58 Å². The average molecular weight is 889 g/mol. The number of carbonyl (C=O) groups is 1. The molecule has 1 heterocycles. The summed E-state index contributed by atoms with van der Waals surface area (Å²) in [5, 5.41) is 27.1. The number of amides is 1. The van der Waals surface area contributed by atoms with Crippen molar-refractivity contribution >= 4 is 22.6 Å². The van der Waals surface area contributed by atoms with E-state index in [-0.39, 0.29) is 57.2 Å². The molecule has 0 spiro atoms. The Balaban J connectivity index is 1.35. The molecule has 3 aliphatic rings. The number of aliphatic hydroxyl groups excluding tert-OH is 2. The zero-order chi connectivity index (χ0) is 45.8. The number of oxime groups is 1. The molecule has 1 aliphatic heterocycles. The van der Waals surface area contributed by atoms with Gasteiger partial charge in [-0.25, -0.2) is 4.79 Å². The van der Waals surface area contributed by atoms with Crippen LogP contribution in [0.15, 0.2) is 120 Å². The molecule has 0 saturated heterocycles. The Hall–Kier alpha value is -5.20. The predicted octanol–water partition coefficient (Wildman–Crippen LogP) is 11.1. The predicted molar refractivity (Wildman–Crippen MR) is 254 cm³/mol. The van der Waals surface area contributed by atoms with Crippen molar-refractivity contribution in [3.05, 3.63) is 126 Å². The highest BCUT2D eigenvalue weighted by molar-refractivity contribution is 6.03. The van der Waals surface area contributed by atoms with Crippen molar-refractivity contribution in [2.45, 2.75) is 109 Å². The fraction of sp³-hybridized carbons (Fsp3) is 0.481. The van der Waals surface area contributed by atoms with E-state index in [2.05, 4.69) is 43.0 Å². The molecule has 6 atom stereocenters. The molecule has 7 rings (SSSR count). The van der Waals surface area contributed by atoms with E-state index in [4.69, 9.17) is 33.7 Å². The number of ether oxygens (including phenoxy) is 5. The molecule has 11 nitrogen and oxygen atoms in total. The first kappa shape index (κ1) is 47.8. The van der Waals surface area contributed by atoms with Gasteiger partial charge in [-0.2, -0.15) is 0 Å². The van der Waals surface area contributed by atoms with E-state index in [9.17, 15) is 15.0 Å². The number of fused-ring (bicyclic) bond motifs is 3. The maximum atomic E-state index is 14.6. The SMILES string of the molecule is C=CCO[C@@]12Oc3ccc(Oc4ccc5ccccc5c4)cc3[C@H]3[C@H](CCCCO)[C@@H](CCCCO)C=C(C(=NOC(C)(C)C)C[C@@H]1N(CCC)C(=O)OCCOCc1ccccc1)[C@H]32. The number of benzene rings is 4. The van der Waals surface area contributed by atoms with Crippen LogP contribution in [0.25, 0.3) is 10.8 Å². The highest BCUT2D eigenvalue weighted by Crippen LogP contribution is 2.62. The van der Waals surface area contributed by atoms with Gasteiger partial charge in [0, 0.05) is 37.7 Å². The van der Waals surface area contributed by atoms with Gasteiger partial charge in [0.2, 0.25) is 5.79 Å². The summed E-state index contributed by atoms with van der Waals surface area (Å²) >= 11 is 0. The third-order valence-electron chi connectivity index (χ3n) is 12.7. The summed E-state index contributed by atoms with van der Waals surface area (Å²) in [4.78, 5) is 22.6. The zero-order valence-electron chi connectivity index (χ0n) is 38.7. The second-order valence-electron chi connectivity index (χ2n) is 18.4. The maximum absolute atomic E-state index is 14.6. The first-order chi connectivity index (χ1) is 31.6. The third-order valence-corrected chi connectivity index (χ3v) is 12.7. The molecule has 2 aliphatic carbocycles. The average Bonchev–Trinajstić information content (AvgIpc) is 3.30.